The Kier molecular flexibility index (Phi) is 7.57. The van der Waals surface area contributed by atoms with Gasteiger partial charge in [-0.2, -0.15) is 62.2 Å². The van der Waals surface area contributed by atoms with Gasteiger partial charge in [-0.1, -0.05) is 36.4 Å². The number of halogens is 13. The second-order valence-electron chi connectivity index (χ2n) is 6.31. The summed E-state index contributed by atoms with van der Waals surface area (Å²) < 4.78 is 169. The maximum Gasteiger partial charge on any atom is 0.460 e. The van der Waals surface area contributed by atoms with Gasteiger partial charge in [-0.05, 0) is 18.6 Å². The van der Waals surface area contributed by atoms with Crippen LogP contribution in [0.3, 0.4) is 0 Å². The molecule has 1 N–H and O–H groups in total. The van der Waals surface area contributed by atoms with Crippen LogP contribution in [0.1, 0.15) is 12.5 Å². The topological polar surface area (TPSA) is 41.5 Å². The van der Waals surface area contributed by atoms with Crippen LogP contribution in [0.4, 0.5) is 57.1 Å². The normalized spacial score (nSPS) is 15.2. The summed E-state index contributed by atoms with van der Waals surface area (Å²) in [5.41, 5.74) is 0.702. The average Bonchev–Trinajstić information content (AvgIpc) is 2.69. The first-order valence-electron chi connectivity index (χ1n) is 8.18. The summed E-state index contributed by atoms with van der Waals surface area (Å²) in [5, 5.41) is 2.81. The minimum Gasteiger partial charge on any atom is -0.266 e. The largest absolute Gasteiger partial charge is 0.460 e. The average molecular weight is 506 g/mol. The lowest BCUT2D eigenvalue weighted by Gasteiger charge is -2.39. The van der Waals surface area contributed by atoms with Crippen molar-refractivity contribution in [3.05, 3.63) is 42.0 Å². The summed E-state index contributed by atoms with van der Waals surface area (Å²) in [6.45, 7) is 0.975. The van der Waals surface area contributed by atoms with E-state index in [0.29, 0.717) is 11.0 Å². The molecule has 0 aromatic heterocycles. The highest BCUT2D eigenvalue weighted by molar-refractivity contribution is 5.97. The number of allylic oxidation sites excluding steroid dienone is 1. The molecule has 0 radical (unpaired) electrons. The fraction of sp³-hybridized carbons (Fsp3) is 0.412. The first kappa shape index (κ1) is 28.2. The molecule has 0 heterocycles. The molecule has 0 aliphatic carbocycles. The van der Waals surface area contributed by atoms with Crippen molar-refractivity contribution in [3.8, 4) is 0 Å². The Balaban J connectivity index is 3.20. The van der Waals surface area contributed by atoms with Gasteiger partial charge in [0, 0.05) is 0 Å². The molecule has 33 heavy (non-hydrogen) atoms. The molecule has 0 atom stereocenters. The molecule has 1 aromatic rings. The number of rotatable bonds is 8. The standard InChI is InChI=1S/C17H11F13N2O/c1-9(7-8-10-5-3-2-4-6-10)31-32-11(33)12(18,19)13(20,21)14(22,23)15(24,25)16(26,27)17(28,29)30/h2-8H,1H3,(H,32,33)/b8-7+,31-9+. The highest BCUT2D eigenvalue weighted by Gasteiger charge is 2.91. The van der Waals surface area contributed by atoms with E-state index < -0.39 is 47.4 Å². The number of amides is 1. The number of benzene rings is 1. The lowest BCUT2D eigenvalue weighted by molar-refractivity contribution is -0.436. The third-order valence-electron chi connectivity index (χ3n) is 3.87. The molecule has 0 saturated carbocycles. The monoisotopic (exact) mass is 506 g/mol. The molecule has 0 fully saturated rings. The molecule has 3 nitrogen and oxygen atoms in total. The molecule has 0 aliphatic rings. The van der Waals surface area contributed by atoms with Gasteiger partial charge in [-0.25, -0.2) is 5.43 Å². The van der Waals surface area contributed by atoms with Crippen LogP contribution >= 0.6 is 0 Å². The van der Waals surface area contributed by atoms with Crippen LogP contribution in [0.25, 0.3) is 6.08 Å². The Morgan fingerprint density at radius 3 is 1.67 bits per heavy atom. The number of carbonyl (C=O) groups excluding carboxylic acids is 1. The number of alkyl halides is 13. The fourth-order valence-electron chi connectivity index (χ4n) is 1.94. The van der Waals surface area contributed by atoms with E-state index in [4.69, 9.17) is 0 Å². The molecule has 0 unspecified atom stereocenters. The van der Waals surface area contributed by atoms with Crippen molar-refractivity contribution in [2.45, 2.75) is 42.7 Å². The van der Waals surface area contributed by atoms with Crippen molar-refractivity contribution in [1.82, 2.24) is 5.43 Å². The molecule has 1 rings (SSSR count). The van der Waals surface area contributed by atoms with Gasteiger partial charge in [0.1, 0.15) is 0 Å². The van der Waals surface area contributed by atoms with Gasteiger partial charge in [0.25, 0.3) is 0 Å². The second-order valence-corrected chi connectivity index (χ2v) is 6.31. The van der Waals surface area contributed by atoms with E-state index in [1.54, 1.807) is 18.2 Å². The van der Waals surface area contributed by atoms with Crippen molar-refractivity contribution < 1.29 is 61.9 Å². The van der Waals surface area contributed by atoms with Gasteiger partial charge in [-0.15, -0.1) is 0 Å². The zero-order chi connectivity index (χ0) is 26.1. The summed E-state index contributed by atoms with van der Waals surface area (Å²) in [6, 6.07) is 7.79. The Labute approximate surface area is 175 Å². The third-order valence-corrected chi connectivity index (χ3v) is 3.87. The Morgan fingerprint density at radius 2 is 1.21 bits per heavy atom. The molecular weight excluding hydrogens is 495 g/mol. The van der Waals surface area contributed by atoms with Gasteiger partial charge >= 0.3 is 41.7 Å². The van der Waals surface area contributed by atoms with Gasteiger partial charge in [0.05, 0.1) is 5.71 Å². The predicted molar refractivity (Wildman–Crippen MR) is 87.5 cm³/mol. The lowest BCUT2D eigenvalue weighted by Crippen LogP contribution is -2.71. The van der Waals surface area contributed by atoms with Crippen molar-refractivity contribution in [1.29, 1.82) is 0 Å². The van der Waals surface area contributed by atoms with Crippen LogP contribution in [0.5, 0.6) is 0 Å². The number of hydrogen-bond acceptors (Lipinski definition) is 2. The Hall–Kier alpha value is -2.81. The van der Waals surface area contributed by atoms with E-state index in [9.17, 15) is 61.9 Å². The van der Waals surface area contributed by atoms with Gasteiger partial charge in [0.15, 0.2) is 0 Å². The zero-order valence-corrected chi connectivity index (χ0v) is 15.8. The third kappa shape index (κ3) is 4.93. The number of nitrogens with zero attached hydrogens (tertiary/aromatic N) is 1. The minimum atomic E-state index is -8.08. The highest BCUT2D eigenvalue weighted by atomic mass is 19.4. The van der Waals surface area contributed by atoms with Gasteiger partial charge in [0.2, 0.25) is 0 Å². The van der Waals surface area contributed by atoms with E-state index >= 15 is 0 Å². The first-order chi connectivity index (χ1) is 14.6. The van der Waals surface area contributed by atoms with Crippen molar-refractivity contribution >= 4 is 17.7 Å². The van der Waals surface area contributed by atoms with Crippen molar-refractivity contribution in [2.24, 2.45) is 5.10 Å². The molecule has 0 spiro atoms. The van der Waals surface area contributed by atoms with Crippen LogP contribution < -0.4 is 5.43 Å². The van der Waals surface area contributed by atoms with Crippen LogP contribution in [0.2, 0.25) is 0 Å². The van der Waals surface area contributed by atoms with E-state index in [1.807, 2.05) is 0 Å². The van der Waals surface area contributed by atoms with Crippen LogP contribution in [-0.2, 0) is 4.79 Å². The number of hydrogen-bond donors (Lipinski definition) is 1. The predicted octanol–water partition coefficient (Wildman–Crippen LogP) is 5.93. The molecular formula is C17H11F13N2O. The van der Waals surface area contributed by atoms with Crippen LogP contribution in [-0.4, -0.2) is 47.4 Å². The summed E-state index contributed by atoms with van der Waals surface area (Å²) >= 11 is 0. The Bertz CT molecular complexity index is 905. The number of hydrazone groups is 1. The van der Waals surface area contributed by atoms with Crippen molar-refractivity contribution in [2.75, 3.05) is 0 Å². The first-order valence-corrected chi connectivity index (χ1v) is 8.18. The molecule has 0 aliphatic heterocycles. The van der Waals surface area contributed by atoms with Gasteiger partial charge in [-0.3, -0.25) is 4.79 Å². The maximum atomic E-state index is 13.6. The summed E-state index contributed by atoms with van der Waals surface area (Å²) in [5.74, 6) is -42.1. The minimum absolute atomic E-state index is 0.424. The van der Waals surface area contributed by atoms with E-state index in [-0.39, 0.29) is 0 Å². The molecule has 186 valence electrons. The smallest absolute Gasteiger partial charge is 0.266 e. The number of carbonyl (C=O) groups is 1. The lowest BCUT2D eigenvalue weighted by atomic mass is 9.93. The van der Waals surface area contributed by atoms with E-state index in [1.165, 1.54) is 18.2 Å². The SMILES string of the molecule is CC(/C=C/c1ccccc1)=N\NC(=O)C(F)(F)C(F)(F)C(F)(F)C(F)(F)C(F)(F)C(F)(F)F. The quantitative estimate of drug-likeness (QED) is 0.265. The van der Waals surface area contributed by atoms with Crippen molar-refractivity contribution in [3.63, 3.8) is 0 Å². The second kappa shape index (κ2) is 8.85. The molecule has 0 saturated heterocycles. The maximum absolute atomic E-state index is 13.6. The summed E-state index contributed by atoms with van der Waals surface area (Å²) in [4.78, 5) is 11.3. The zero-order valence-electron chi connectivity index (χ0n) is 15.8. The molecule has 1 amide bonds. The van der Waals surface area contributed by atoms with E-state index in [0.717, 1.165) is 13.0 Å². The fourth-order valence-corrected chi connectivity index (χ4v) is 1.94. The van der Waals surface area contributed by atoms with Crippen LogP contribution in [0.15, 0.2) is 41.5 Å². The van der Waals surface area contributed by atoms with E-state index in [2.05, 4.69) is 5.10 Å². The van der Waals surface area contributed by atoms with Gasteiger partial charge < -0.3 is 0 Å². The van der Waals surface area contributed by atoms with Crippen LogP contribution in [0, 0.1) is 0 Å². The highest BCUT2D eigenvalue weighted by Crippen LogP contribution is 2.60. The molecule has 16 heteroatoms. The molecule has 1 aromatic carbocycles. The Morgan fingerprint density at radius 1 is 0.758 bits per heavy atom. The summed E-state index contributed by atoms with van der Waals surface area (Å²) in [7, 11) is 0. The summed E-state index contributed by atoms with van der Waals surface area (Å²) in [6.07, 6.45) is -5.27. The molecule has 0 bridgehead atoms. The number of nitrogens with one attached hydrogen (secondary N) is 1.